The van der Waals surface area contributed by atoms with Crippen LogP contribution in [0.5, 0.6) is 0 Å². The fraction of sp³-hybridized carbons (Fsp3) is 0. The summed E-state index contributed by atoms with van der Waals surface area (Å²) >= 11 is 0. The molecule has 96 valence electrons. The van der Waals surface area contributed by atoms with Gasteiger partial charge in [-0.15, -0.1) is 0 Å². The van der Waals surface area contributed by atoms with Crippen LogP contribution in [0.4, 0.5) is 0 Å². The quantitative estimate of drug-likeness (QED) is 0.768. The van der Waals surface area contributed by atoms with Crippen molar-refractivity contribution in [2.75, 3.05) is 0 Å². The van der Waals surface area contributed by atoms with Crippen LogP contribution in [-0.4, -0.2) is 16.1 Å². The normalized spacial score (nSPS) is 10.3. The molecule has 0 spiro atoms. The zero-order chi connectivity index (χ0) is 14.1. The smallest absolute Gasteiger partial charge is 0.339 e. The molecule has 3 aromatic rings. The molecule has 0 aliphatic heterocycles. The van der Waals surface area contributed by atoms with Gasteiger partial charge in [0.2, 0.25) is 5.89 Å². The van der Waals surface area contributed by atoms with Crippen molar-refractivity contribution in [2.45, 2.75) is 0 Å². The van der Waals surface area contributed by atoms with Gasteiger partial charge in [-0.05, 0) is 36.4 Å². The third-order valence-electron chi connectivity index (χ3n) is 2.91. The van der Waals surface area contributed by atoms with Crippen molar-refractivity contribution in [3.63, 3.8) is 0 Å². The van der Waals surface area contributed by atoms with E-state index >= 15 is 0 Å². The summed E-state index contributed by atoms with van der Waals surface area (Å²) in [6.07, 6.45) is 0. The van der Waals surface area contributed by atoms with Crippen LogP contribution in [0.25, 0.3) is 22.6 Å². The Kier molecular flexibility index (Phi) is 2.70. The van der Waals surface area contributed by atoms with E-state index in [2.05, 4.69) is 4.98 Å². The third kappa shape index (κ3) is 1.89. The minimum absolute atomic E-state index is 0.0786. The predicted molar refractivity (Wildman–Crippen MR) is 71.1 cm³/mol. The number of carboxylic acid groups (broad SMARTS) is 1. The Hall–Kier alpha value is -3.13. The van der Waals surface area contributed by atoms with Gasteiger partial charge in [0.1, 0.15) is 11.1 Å². The lowest BCUT2D eigenvalue weighted by atomic mass is 10.1. The number of aromatic carboxylic acids is 1. The fourth-order valence-electron chi connectivity index (χ4n) is 1.93. The molecule has 0 saturated carbocycles. The Morgan fingerprint density at radius 2 is 1.95 bits per heavy atom. The van der Waals surface area contributed by atoms with Crippen LogP contribution in [0.2, 0.25) is 0 Å². The highest BCUT2D eigenvalue weighted by molar-refractivity contribution is 6.00. The largest absolute Gasteiger partial charge is 0.478 e. The summed E-state index contributed by atoms with van der Waals surface area (Å²) in [5.41, 5.74) is 2.05. The van der Waals surface area contributed by atoms with E-state index in [9.17, 15) is 4.79 Å². The van der Waals surface area contributed by atoms with Crippen LogP contribution in [0.3, 0.4) is 0 Å². The van der Waals surface area contributed by atoms with Gasteiger partial charge in [0.05, 0.1) is 11.6 Å². The molecule has 1 heterocycles. The van der Waals surface area contributed by atoms with Gasteiger partial charge >= 0.3 is 5.97 Å². The minimum atomic E-state index is -1.06. The molecule has 3 rings (SSSR count). The van der Waals surface area contributed by atoms with Crippen molar-refractivity contribution in [1.29, 1.82) is 5.26 Å². The molecule has 1 aromatic heterocycles. The zero-order valence-corrected chi connectivity index (χ0v) is 10.2. The average Bonchev–Trinajstić information content (AvgIpc) is 2.90. The van der Waals surface area contributed by atoms with Crippen molar-refractivity contribution in [2.24, 2.45) is 0 Å². The van der Waals surface area contributed by atoms with E-state index in [1.54, 1.807) is 36.4 Å². The monoisotopic (exact) mass is 264 g/mol. The molecular formula is C15H8N2O3. The summed E-state index contributed by atoms with van der Waals surface area (Å²) in [6.45, 7) is 0. The van der Waals surface area contributed by atoms with Gasteiger partial charge in [0.25, 0.3) is 0 Å². The van der Waals surface area contributed by atoms with E-state index in [1.165, 1.54) is 6.07 Å². The number of oxazole rings is 1. The number of nitriles is 1. The fourth-order valence-corrected chi connectivity index (χ4v) is 1.93. The second kappa shape index (κ2) is 4.52. The Morgan fingerprint density at radius 3 is 2.60 bits per heavy atom. The van der Waals surface area contributed by atoms with Gasteiger partial charge in [-0.3, -0.25) is 0 Å². The Bertz CT molecular complexity index is 842. The van der Waals surface area contributed by atoms with Gasteiger partial charge in [0, 0.05) is 5.56 Å². The molecule has 5 heteroatoms. The van der Waals surface area contributed by atoms with Crippen molar-refractivity contribution in [1.82, 2.24) is 4.98 Å². The Morgan fingerprint density at radius 1 is 1.20 bits per heavy atom. The number of aromatic nitrogens is 1. The maximum absolute atomic E-state index is 11.1. The first-order valence-electron chi connectivity index (χ1n) is 5.82. The van der Waals surface area contributed by atoms with Crippen LogP contribution in [-0.2, 0) is 0 Å². The number of nitrogens with zero attached hydrogens (tertiary/aromatic N) is 2. The molecule has 5 nitrogen and oxygen atoms in total. The summed E-state index contributed by atoms with van der Waals surface area (Å²) < 4.78 is 5.55. The first kappa shape index (κ1) is 11.9. The lowest BCUT2D eigenvalue weighted by Crippen LogP contribution is -1.95. The van der Waals surface area contributed by atoms with Gasteiger partial charge in [-0.2, -0.15) is 5.26 Å². The molecule has 0 bridgehead atoms. The minimum Gasteiger partial charge on any atom is -0.478 e. The van der Waals surface area contributed by atoms with Gasteiger partial charge in [-0.1, -0.05) is 6.07 Å². The molecule has 0 atom stereocenters. The number of hydrogen-bond donors (Lipinski definition) is 1. The number of rotatable bonds is 2. The molecular weight excluding hydrogens is 256 g/mol. The Labute approximate surface area is 113 Å². The van der Waals surface area contributed by atoms with Crippen LogP contribution in [0, 0.1) is 11.3 Å². The highest BCUT2D eigenvalue weighted by atomic mass is 16.4. The number of para-hydroxylation sites is 1. The number of benzene rings is 2. The highest BCUT2D eigenvalue weighted by Gasteiger charge is 2.15. The molecule has 0 aliphatic rings. The lowest BCUT2D eigenvalue weighted by molar-refractivity contribution is 0.0698. The molecule has 0 radical (unpaired) electrons. The van der Waals surface area contributed by atoms with E-state index in [0.29, 0.717) is 22.5 Å². The third-order valence-corrected chi connectivity index (χ3v) is 2.91. The maximum Gasteiger partial charge on any atom is 0.339 e. The number of carbonyl (C=O) groups is 1. The molecule has 1 N–H and O–H groups in total. The number of hydrogen-bond acceptors (Lipinski definition) is 4. The van der Waals surface area contributed by atoms with E-state index < -0.39 is 5.97 Å². The first-order valence-corrected chi connectivity index (χ1v) is 5.82. The molecule has 0 amide bonds. The van der Waals surface area contributed by atoms with E-state index in [4.69, 9.17) is 14.8 Å². The highest BCUT2D eigenvalue weighted by Crippen LogP contribution is 2.26. The zero-order valence-electron chi connectivity index (χ0n) is 10.2. The van der Waals surface area contributed by atoms with E-state index in [1.807, 2.05) is 6.07 Å². The van der Waals surface area contributed by atoms with E-state index in [0.717, 1.165) is 0 Å². The molecule has 20 heavy (non-hydrogen) atoms. The number of fused-ring (bicyclic) bond motifs is 1. The van der Waals surface area contributed by atoms with Crippen LogP contribution in [0.15, 0.2) is 46.9 Å². The van der Waals surface area contributed by atoms with E-state index in [-0.39, 0.29) is 11.1 Å². The maximum atomic E-state index is 11.1. The molecule has 2 aromatic carbocycles. The summed E-state index contributed by atoms with van der Waals surface area (Å²) in [6, 6.07) is 13.5. The first-order chi connectivity index (χ1) is 9.69. The van der Waals surface area contributed by atoms with Crippen LogP contribution < -0.4 is 0 Å². The van der Waals surface area contributed by atoms with Gasteiger partial charge in [0.15, 0.2) is 5.58 Å². The lowest BCUT2D eigenvalue weighted by Gasteiger charge is -1.95. The standard InChI is InChI=1S/C15H8N2O3/c16-8-9-4-6-10(7-5-9)14-17-12-3-1-2-11(15(18)19)13(12)20-14/h1-7H,(H,18,19). The number of carboxylic acids is 1. The molecule has 0 aliphatic carbocycles. The summed E-state index contributed by atoms with van der Waals surface area (Å²) in [7, 11) is 0. The van der Waals surface area contributed by atoms with Gasteiger partial charge in [-0.25, -0.2) is 9.78 Å². The second-order valence-corrected chi connectivity index (χ2v) is 4.17. The predicted octanol–water partition coefficient (Wildman–Crippen LogP) is 3.06. The van der Waals surface area contributed by atoms with Crippen molar-refractivity contribution < 1.29 is 14.3 Å². The van der Waals surface area contributed by atoms with Crippen LogP contribution >= 0.6 is 0 Å². The van der Waals surface area contributed by atoms with Gasteiger partial charge < -0.3 is 9.52 Å². The molecule has 0 fully saturated rings. The topological polar surface area (TPSA) is 87.1 Å². The Balaban J connectivity index is 2.15. The summed E-state index contributed by atoms with van der Waals surface area (Å²) in [5, 5.41) is 17.9. The summed E-state index contributed by atoms with van der Waals surface area (Å²) in [4.78, 5) is 15.4. The average molecular weight is 264 g/mol. The SMILES string of the molecule is N#Cc1ccc(-c2nc3cccc(C(=O)O)c3o2)cc1. The second-order valence-electron chi connectivity index (χ2n) is 4.17. The van der Waals surface area contributed by atoms with Crippen molar-refractivity contribution in [3.8, 4) is 17.5 Å². The van der Waals surface area contributed by atoms with Crippen molar-refractivity contribution >= 4 is 17.1 Å². The van der Waals surface area contributed by atoms with Crippen LogP contribution in [0.1, 0.15) is 15.9 Å². The van der Waals surface area contributed by atoms with Crippen molar-refractivity contribution in [3.05, 3.63) is 53.6 Å². The molecule has 0 saturated heterocycles. The summed E-state index contributed by atoms with van der Waals surface area (Å²) in [5.74, 6) is -0.726. The molecule has 0 unspecified atom stereocenters.